The molecule has 0 saturated carbocycles. The molecule has 0 bridgehead atoms. The second kappa shape index (κ2) is 8.43. The first-order valence-electron chi connectivity index (χ1n) is 5.39. The maximum atomic E-state index is 9.43. The fourth-order valence-corrected chi connectivity index (χ4v) is 1.42. The van der Waals surface area contributed by atoms with Crippen LogP contribution in [-0.4, -0.2) is 6.16 Å². The van der Waals surface area contributed by atoms with Gasteiger partial charge in [0.1, 0.15) is 0 Å². The molecule has 0 unspecified atom stereocenters. The minimum absolute atomic E-state index is 0.162. The molecule has 2 rings (SSSR count). The molecule has 0 N–H and O–H groups in total. The van der Waals surface area contributed by atoms with E-state index in [4.69, 9.17) is 0 Å². The zero-order valence-corrected chi connectivity index (χ0v) is 10.5. The summed E-state index contributed by atoms with van der Waals surface area (Å²) in [5, 5.41) is 0. The molecule has 1 nitrogen and oxygen atoms in total. The first-order chi connectivity index (χ1) is 8.38. The van der Waals surface area contributed by atoms with Gasteiger partial charge < -0.3 is 0 Å². The average Bonchev–Trinajstić information content (AvgIpc) is 2.42. The average molecular weight is 242 g/mol. The maximum absolute atomic E-state index is 9.43. The first kappa shape index (κ1) is 13.3. The molecule has 0 aliphatic carbocycles. The molecule has 2 aromatic carbocycles. The van der Waals surface area contributed by atoms with Gasteiger partial charge in [-0.25, -0.2) is 0 Å². The number of hydrogen-bond acceptors (Lipinski definition) is 1. The lowest BCUT2D eigenvalue weighted by Crippen LogP contribution is -1.73. The molecule has 0 atom stereocenters. The Morgan fingerprint density at radius 1 is 0.882 bits per heavy atom. The summed E-state index contributed by atoms with van der Waals surface area (Å²) < 4.78 is 9.43. The molecule has 0 aromatic heterocycles. The Kier molecular flexibility index (Phi) is 6.62. The normalized spacial score (nSPS) is 9.18. The molecule has 0 aliphatic heterocycles. The van der Waals surface area contributed by atoms with Crippen LogP contribution in [0.5, 0.6) is 0 Å². The molecule has 0 amide bonds. The van der Waals surface area contributed by atoms with E-state index in [1.807, 2.05) is 12.1 Å². The molecule has 0 saturated heterocycles. The highest BCUT2D eigenvalue weighted by molar-refractivity contribution is 7.23. The Morgan fingerprint density at radius 3 is 1.53 bits per heavy atom. The lowest BCUT2D eigenvalue weighted by molar-refractivity contribution is 0.600. The van der Waals surface area contributed by atoms with E-state index >= 15 is 0 Å². The van der Waals surface area contributed by atoms with Crippen LogP contribution in [0.3, 0.4) is 0 Å². The molecule has 2 heteroatoms. The Labute approximate surface area is 104 Å². The molecular weight excluding hydrogens is 227 g/mol. The summed E-state index contributed by atoms with van der Waals surface area (Å²) in [6.07, 6.45) is 2.18. The van der Waals surface area contributed by atoms with Gasteiger partial charge in [0, 0.05) is 6.16 Å². The molecule has 0 heterocycles. The van der Waals surface area contributed by atoms with E-state index in [1.54, 1.807) is 6.08 Å². The second-order valence-electron chi connectivity index (χ2n) is 3.33. The van der Waals surface area contributed by atoms with E-state index in [0.717, 1.165) is 0 Å². The zero-order chi connectivity index (χ0) is 12.3. The van der Waals surface area contributed by atoms with Crippen LogP contribution < -0.4 is 0 Å². The maximum Gasteiger partial charge on any atom is 0.159 e. The van der Waals surface area contributed by atoms with Crippen LogP contribution in [0.4, 0.5) is 0 Å². The highest BCUT2D eigenvalue weighted by atomic mass is 31.1. The molecule has 0 spiro atoms. The summed E-state index contributed by atoms with van der Waals surface area (Å²) in [7, 11) is 0.162. The minimum Gasteiger partial charge on any atom is -0.275 e. The van der Waals surface area contributed by atoms with Gasteiger partial charge in [-0.15, -0.1) is 6.58 Å². The first-order valence-corrected chi connectivity index (χ1v) is 6.38. The highest BCUT2D eigenvalue weighted by Crippen LogP contribution is 2.17. The van der Waals surface area contributed by atoms with Gasteiger partial charge in [0.2, 0.25) is 0 Å². The van der Waals surface area contributed by atoms with Crippen LogP contribution in [0.2, 0.25) is 0 Å². The van der Waals surface area contributed by atoms with Crippen LogP contribution in [0, 0.1) is 0 Å². The smallest absolute Gasteiger partial charge is 0.159 e. The van der Waals surface area contributed by atoms with Gasteiger partial charge in [-0.1, -0.05) is 66.7 Å². The van der Waals surface area contributed by atoms with Crippen LogP contribution in [0.15, 0.2) is 73.3 Å². The van der Waals surface area contributed by atoms with Gasteiger partial charge in [-0.2, -0.15) is 0 Å². The fraction of sp³-hybridized carbons (Fsp3) is 0.0667. The van der Waals surface area contributed by atoms with Crippen LogP contribution >= 0.6 is 8.46 Å². The summed E-state index contributed by atoms with van der Waals surface area (Å²) in [5.41, 5.74) is 2.55. The van der Waals surface area contributed by atoms with Gasteiger partial charge in [0.15, 0.2) is 8.46 Å². The van der Waals surface area contributed by atoms with Crippen LogP contribution in [-0.2, 0) is 4.57 Å². The highest BCUT2D eigenvalue weighted by Gasteiger charge is 1.91. The van der Waals surface area contributed by atoms with Crippen molar-refractivity contribution in [1.29, 1.82) is 0 Å². The number of hydrogen-bond donors (Lipinski definition) is 0. The molecule has 2 aromatic rings. The van der Waals surface area contributed by atoms with Crippen LogP contribution in [0.1, 0.15) is 0 Å². The molecule has 86 valence electrons. The van der Waals surface area contributed by atoms with E-state index in [-0.39, 0.29) is 8.46 Å². The van der Waals surface area contributed by atoms with Crippen molar-refractivity contribution in [2.75, 3.05) is 6.16 Å². The lowest BCUT2D eigenvalue weighted by Gasteiger charge is -1.98. The van der Waals surface area contributed by atoms with E-state index in [1.165, 1.54) is 11.1 Å². The molecule has 17 heavy (non-hydrogen) atoms. The Morgan fingerprint density at radius 2 is 1.29 bits per heavy atom. The Balaban J connectivity index is 0.000000249. The van der Waals surface area contributed by atoms with Gasteiger partial charge in [0.25, 0.3) is 0 Å². The molecule has 0 radical (unpaired) electrons. The van der Waals surface area contributed by atoms with Crippen molar-refractivity contribution < 1.29 is 4.57 Å². The summed E-state index contributed by atoms with van der Waals surface area (Å²) in [5.74, 6) is 0. The molecule has 0 aliphatic rings. The topological polar surface area (TPSA) is 17.1 Å². The SMILES string of the molecule is C=CCP=O.c1ccc(-c2ccccc2)cc1. The van der Waals surface area contributed by atoms with Gasteiger partial charge >= 0.3 is 0 Å². The van der Waals surface area contributed by atoms with Crippen molar-refractivity contribution in [2.45, 2.75) is 0 Å². The van der Waals surface area contributed by atoms with E-state index < -0.39 is 0 Å². The second-order valence-corrected chi connectivity index (χ2v) is 3.96. The third-order valence-electron chi connectivity index (χ3n) is 2.08. The Hall–Kier alpha value is -1.72. The lowest BCUT2D eigenvalue weighted by atomic mass is 10.1. The predicted octanol–water partition coefficient (Wildman–Crippen LogP) is 4.82. The monoisotopic (exact) mass is 242 g/mol. The third-order valence-corrected chi connectivity index (χ3v) is 2.49. The number of rotatable bonds is 3. The van der Waals surface area contributed by atoms with Gasteiger partial charge in [0.05, 0.1) is 0 Å². The van der Waals surface area contributed by atoms with Crippen LogP contribution in [0.25, 0.3) is 11.1 Å². The van der Waals surface area contributed by atoms with Crippen molar-refractivity contribution in [3.63, 3.8) is 0 Å². The number of benzene rings is 2. The summed E-state index contributed by atoms with van der Waals surface area (Å²) in [6, 6.07) is 20.8. The van der Waals surface area contributed by atoms with Crippen molar-refractivity contribution in [1.82, 2.24) is 0 Å². The molecule has 0 fully saturated rings. The van der Waals surface area contributed by atoms with Crippen molar-refractivity contribution in [3.05, 3.63) is 73.3 Å². The van der Waals surface area contributed by atoms with Crippen molar-refractivity contribution in [2.24, 2.45) is 0 Å². The quantitative estimate of drug-likeness (QED) is 0.557. The Bertz CT molecular complexity index is 393. The summed E-state index contributed by atoms with van der Waals surface area (Å²) in [6.45, 7) is 3.34. The van der Waals surface area contributed by atoms with Crippen molar-refractivity contribution >= 4 is 8.46 Å². The largest absolute Gasteiger partial charge is 0.275 e. The summed E-state index contributed by atoms with van der Waals surface area (Å²) >= 11 is 0. The zero-order valence-electron chi connectivity index (χ0n) is 9.62. The van der Waals surface area contributed by atoms with Gasteiger partial charge in [-0.05, 0) is 11.1 Å². The van der Waals surface area contributed by atoms with E-state index in [9.17, 15) is 4.57 Å². The van der Waals surface area contributed by atoms with Crippen molar-refractivity contribution in [3.8, 4) is 11.1 Å². The van der Waals surface area contributed by atoms with E-state index in [2.05, 4.69) is 55.1 Å². The summed E-state index contributed by atoms with van der Waals surface area (Å²) in [4.78, 5) is 0. The predicted molar refractivity (Wildman–Crippen MR) is 74.5 cm³/mol. The minimum atomic E-state index is 0.162. The fourth-order valence-electron chi connectivity index (χ4n) is 1.31. The van der Waals surface area contributed by atoms with E-state index in [0.29, 0.717) is 6.16 Å². The number of allylic oxidation sites excluding steroid dienone is 1. The molecular formula is C15H15OP. The van der Waals surface area contributed by atoms with Gasteiger partial charge in [-0.3, -0.25) is 4.57 Å². The standard InChI is InChI=1S/C12H10.C3H5OP/c1-3-7-11(8-4-1)12-9-5-2-6-10-12;1-2-3-5-4/h1-10H;2H,1,3H2. The third kappa shape index (κ3) is 5.24.